The summed E-state index contributed by atoms with van der Waals surface area (Å²) in [6, 6.07) is 7.45. The molecule has 1 aliphatic rings. The summed E-state index contributed by atoms with van der Waals surface area (Å²) >= 11 is 3.01. The van der Waals surface area contributed by atoms with Crippen LogP contribution in [0.4, 0.5) is 5.00 Å². The van der Waals surface area contributed by atoms with E-state index in [4.69, 9.17) is 5.73 Å². The van der Waals surface area contributed by atoms with Gasteiger partial charge in [-0.1, -0.05) is 19.1 Å². The first-order valence-corrected chi connectivity index (χ1v) is 9.94. The van der Waals surface area contributed by atoms with Crippen LogP contribution in [0.3, 0.4) is 0 Å². The molecule has 0 saturated heterocycles. The van der Waals surface area contributed by atoms with Crippen molar-refractivity contribution in [3.05, 3.63) is 45.8 Å². The number of nitrogens with two attached hydrogens (primary N) is 1. The highest BCUT2D eigenvalue weighted by Crippen LogP contribution is 2.39. The molecule has 1 aliphatic carbocycles. The van der Waals surface area contributed by atoms with Gasteiger partial charge in [0.25, 0.3) is 11.8 Å². The molecule has 6 heteroatoms. The highest BCUT2D eigenvalue weighted by Gasteiger charge is 2.27. The summed E-state index contributed by atoms with van der Waals surface area (Å²) in [6.07, 6.45) is 4.78. The molecule has 1 unspecified atom stereocenters. The van der Waals surface area contributed by atoms with E-state index in [1.54, 1.807) is 6.07 Å². The SMILES string of the molecule is CSc1ccccc1C(=O)Nc1sc2c(c1C(N)=O)CCC(C)C2. The lowest BCUT2D eigenvalue weighted by atomic mass is 9.88. The van der Waals surface area contributed by atoms with Crippen molar-refractivity contribution in [2.24, 2.45) is 11.7 Å². The molecule has 3 rings (SSSR count). The fourth-order valence-electron chi connectivity index (χ4n) is 3.10. The lowest BCUT2D eigenvalue weighted by Gasteiger charge is -2.18. The number of fused-ring (bicyclic) bond motifs is 1. The number of rotatable bonds is 4. The lowest BCUT2D eigenvalue weighted by molar-refractivity contribution is 0.1000. The molecular formula is C18H20N2O2S2. The zero-order chi connectivity index (χ0) is 17.3. The molecular weight excluding hydrogens is 340 g/mol. The van der Waals surface area contributed by atoms with Gasteiger partial charge < -0.3 is 11.1 Å². The Hall–Kier alpha value is -1.79. The number of thioether (sulfide) groups is 1. The average Bonchev–Trinajstić information content (AvgIpc) is 2.91. The van der Waals surface area contributed by atoms with Gasteiger partial charge in [-0.25, -0.2) is 0 Å². The van der Waals surface area contributed by atoms with Gasteiger partial charge >= 0.3 is 0 Å². The number of primary amides is 1. The number of hydrogen-bond acceptors (Lipinski definition) is 4. The van der Waals surface area contributed by atoms with E-state index in [0.717, 1.165) is 29.7 Å². The van der Waals surface area contributed by atoms with Gasteiger partial charge in [-0.2, -0.15) is 0 Å². The molecule has 126 valence electrons. The first-order valence-electron chi connectivity index (χ1n) is 7.90. The lowest BCUT2D eigenvalue weighted by Crippen LogP contribution is -2.19. The number of benzene rings is 1. The van der Waals surface area contributed by atoms with E-state index in [9.17, 15) is 9.59 Å². The van der Waals surface area contributed by atoms with Crippen LogP contribution in [0.25, 0.3) is 0 Å². The molecule has 1 aromatic heterocycles. The third-order valence-electron chi connectivity index (χ3n) is 4.34. The first-order chi connectivity index (χ1) is 11.5. The molecule has 2 amide bonds. The Morgan fingerprint density at radius 2 is 2.08 bits per heavy atom. The average molecular weight is 361 g/mol. The van der Waals surface area contributed by atoms with E-state index in [1.165, 1.54) is 28.0 Å². The van der Waals surface area contributed by atoms with Crippen molar-refractivity contribution >= 4 is 39.9 Å². The third kappa shape index (κ3) is 3.21. The summed E-state index contributed by atoms with van der Waals surface area (Å²) < 4.78 is 0. The van der Waals surface area contributed by atoms with Gasteiger partial charge in [-0.3, -0.25) is 9.59 Å². The number of anilines is 1. The van der Waals surface area contributed by atoms with Crippen LogP contribution in [0.2, 0.25) is 0 Å². The van der Waals surface area contributed by atoms with Crippen LogP contribution in [0.1, 0.15) is 44.5 Å². The van der Waals surface area contributed by atoms with Gasteiger partial charge in [0.05, 0.1) is 11.1 Å². The Kier molecular flexibility index (Phi) is 4.96. The molecule has 1 atom stereocenters. The predicted octanol–water partition coefficient (Wildman–Crippen LogP) is 3.95. The second-order valence-corrected chi connectivity index (χ2v) is 8.03. The molecule has 1 heterocycles. The minimum absolute atomic E-state index is 0.200. The Balaban J connectivity index is 1.95. The van der Waals surface area contributed by atoms with Crippen LogP contribution in [-0.2, 0) is 12.8 Å². The zero-order valence-electron chi connectivity index (χ0n) is 13.7. The summed E-state index contributed by atoms with van der Waals surface area (Å²) in [6.45, 7) is 2.21. The van der Waals surface area contributed by atoms with Crippen molar-refractivity contribution in [1.29, 1.82) is 0 Å². The smallest absolute Gasteiger partial charge is 0.257 e. The topological polar surface area (TPSA) is 72.2 Å². The van der Waals surface area contributed by atoms with E-state index in [2.05, 4.69) is 12.2 Å². The molecule has 0 fully saturated rings. The fourth-order valence-corrected chi connectivity index (χ4v) is 5.11. The van der Waals surface area contributed by atoms with Crippen LogP contribution in [0, 0.1) is 5.92 Å². The zero-order valence-corrected chi connectivity index (χ0v) is 15.4. The summed E-state index contributed by atoms with van der Waals surface area (Å²) in [7, 11) is 0. The summed E-state index contributed by atoms with van der Waals surface area (Å²) in [5.74, 6) is -0.0674. The van der Waals surface area contributed by atoms with Gasteiger partial charge in [-0.05, 0) is 49.1 Å². The number of nitrogens with one attached hydrogen (secondary N) is 1. The van der Waals surface area contributed by atoms with Crippen LogP contribution in [-0.4, -0.2) is 18.1 Å². The summed E-state index contributed by atoms with van der Waals surface area (Å²) in [5.41, 5.74) is 7.74. The standard InChI is InChI=1S/C18H20N2O2S2/c1-10-7-8-11-14(9-10)24-18(15(11)16(19)21)20-17(22)12-5-3-4-6-13(12)23-2/h3-6,10H,7-9H2,1-2H3,(H2,19,21)(H,20,22). The monoisotopic (exact) mass is 360 g/mol. The maximum Gasteiger partial charge on any atom is 0.257 e. The number of thiophene rings is 1. The second-order valence-electron chi connectivity index (χ2n) is 6.07. The van der Waals surface area contributed by atoms with Crippen LogP contribution in [0.5, 0.6) is 0 Å². The van der Waals surface area contributed by atoms with Gasteiger partial charge in [0.2, 0.25) is 0 Å². The van der Waals surface area contributed by atoms with E-state index in [1.807, 2.05) is 24.5 Å². The van der Waals surface area contributed by atoms with Crippen LogP contribution in [0.15, 0.2) is 29.2 Å². The maximum atomic E-state index is 12.7. The fraction of sp³-hybridized carbons (Fsp3) is 0.333. The normalized spacial score (nSPS) is 16.5. The Bertz CT molecular complexity index is 798. The number of carbonyl (C=O) groups is 2. The molecule has 0 bridgehead atoms. The maximum absolute atomic E-state index is 12.7. The minimum Gasteiger partial charge on any atom is -0.365 e. The van der Waals surface area contributed by atoms with Crippen molar-refractivity contribution in [3.8, 4) is 0 Å². The molecule has 0 aliphatic heterocycles. The van der Waals surface area contributed by atoms with Gasteiger partial charge in [-0.15, -0.1) is 23.1 Å². The second kappa shape index (κ2) is 6.99. The quantitative estimate of drug-likeness (QED) is 0.811. The third-order valence-corrected chi connectivity index (χ3v) is 6.30. The number of amides is 2. The van der Waals surface area contributed by atoms with Crippen molar-refractivity contribution < 1.29 is 9.59 Å². The molecule has 3 N–H and O–H groups in total. The van der Waals surface area contributed by atoms with Gasteiger partial charge in [0.15, 0.2) is 0 Å². The van der Waals surface area contributed by atoms with Crippen molar-refractivity contribution in [2.45, 2.75) is 31.1 Å². The Morgan fingerprint density at radius 1 is 1.33 bits per heavy atom. The Labute approximate surface area is 149 Å². The summed E-state index contributed by atoms with van der Waals surface area (Å²) in [4.78, 5) is 26.7. The van der Waals surface area contributed by atoms with Crippen molar-refractivity contribution in [3.63, 3.8) is 0 Å². The summed E-state index contributed by atoms with van der Waals surface area (Å²) in [5, 5.41) is 3.51. The molecule has 0 radical (unpaired) electrons. The van der Waals surface area contributed by atoms with Crippen molar-refractivity contribution in [2.75, 3.05) is 11.6 Å². The number of hydrogen-bond donors (Lipinski definition) is 2. The highest BCUT2D eigenvalue weighted by molar-refractivity contribution is 7.98. The Morgan fingerprint density at radius 3 is 2.79 bits per heavy atom. The van der Waals surface area contributed by atoms with Gasteiger partial charge in [0.1, 0.15) is 5.00 Å². The minimum atomic E-state index is -0.462. The van der Waals surface area contributed by atoms with E-state index >= 15 is 0 Å². The predicted molar refractivity (Wildman–Crippen MR) is 100 cm³/mol. The molecule has 24 heavy (non-hydrogen) atoms. The van der Waals surface area contributed by atoms with Crippen LogP contribution >= 0.6 is 23.1 Å². The molecule has 0 spiro atoms. The molecule has 4 nitrogen and oxygen atoms in total. The van der Waals surface area contributed by atoms with E-state index < -0.39 is 5.91 Å². The van der Waals surface area contributed by atoms with Crippen LogP contribution < -0.4 is 11.1 Å². The van der Waals surface area contributed by atoms with E-state index in [-0.39, 0.29) is 5.91 Å². The first kappa shape index (κ1) is 17.0. The molecule has 0 saturated carbocycles. The number of carbonyl (C=O) groups excluding carboxylic acids is 2. The molecule has 2 aromatic rings. The van der Waals surface area contributed by atoms with Gasteiger partial charge in [0, 0.05) is 9.77 Å². The van der Waals surface area contributed by atoms with Crippen molar-refractivity contribution in [1.82, 2.24) is 0 Å². The molecule has 1 aromatic carbocycles. The highest BCUT2D eigenvalue weighted by atomic mass is 32.2. The van der Waals surface area contributed by atoms with E-state index in [0.29, 0.717) is 22.0 Å². The largest absolute Gasteiger partial charge is 0.365 e.